The second-order valence-corrected chi connectivity index (χ2v) is 15.6. The van der Waals surface area contributed by atoms with E-state index in [9.17, 15) is 4.79 Å². The molecule has 1 heterocycles. The number of carbonyl (C=O) groups is 1. The van der Waals surface area contributed by atoms with Crippen LogP contribution in [0.25, 0.3) is 10.9 Å². The molecule has 0 fully saturated rings. The quantitative estimate of drug-likeness (QED) is 0.338. The maximum atomic E-state index is 13.0. The van der Waals surface area contributed by atoms with Crippen LogP contribution in [-0.2, 0) is 4.74 Å². The van der Waals surface area contributed by atoms with Crippen molar-refractivity contribution in [1.29, 1.82) is 0 Å². The first kappa shape index (κ1) is 21.5. The molecule has 0 aliphatic carbocycles. The maximum absolute atomic E-state index is 13.0. The normalized spacial score (nSPS) is 11.8. The van der Waals surface area contributed by atoms with Gasteiger partial charge in [-0.2, -0.15) is 0 Å². The summed E-state index contributed by atoms with van der Waals surface area (Å²) < 4.78 is 8.83. The fourth-order valence-electron chi connectivity index (χ4n) is 2.94. The summed E-state index contributed by atoms with van der Waals surface area (Å²) in [6.45, 7) is 12.4. The summed E-state index contributed by atoms with van der Waals surface area (Å²) in [6.07, 6.45) is -0.296. The molecule has 0 unspecified atom stereocenters. The van der Waals surface area contributed by atoms with Gasteiger partial charge in [0, 0.05) is 0 Å². The summed E-state index contributed by atoms with van der Waals surface area (Å²) in [5.41, 5.74) is 2.29. The second-order valence-electron chi connectivity index (χ2n) is 9.11. The van der Waals surface area contributed by atoms with Crippen molar-refractivity contribution < 1.29 is 9.53 Å². The zero-order chi connectivity index (χ0) is 21.2. The molecule has 4 heteroatoms. The van der Waals surface area contributed by atoms with Crippen LogP contribution in [0.15, 0.2) is 54.6 Å². The Labute approximate surface area is 183 Å². The van der Waals surface area contributed by atoms with Gasteiger partial charge in [0.15, 0.2) is 0 Å². The number of benzene rings is 2. The summed E-state index contributed by atoms with van der Waals surface area (Å²) in [6, 6.07) is 18.1. The Bertz CT molecular complexity index is 1090. The number of hydrogen-bond donors (Lipinski definition) is 0. The fraction of sp³-hybridized carbons (Fsp3) is 0.320. The van der Waals surface area contributed by atoms with Gasteiger partial charge in [-0.25, -0.2) is 0 Å². The molecule has 3 nitrogen and oxygen atoms in total. The Morgan fingerprint density at radius 3 is 2.17 bits per heavy atom. The van der Waals surface area contributed by atoms with Crippen molar-refractivity contribution in [2.24, 2.45) is 0 Å². The Balaban J connectivity index is 2.05. The van der Waals surface area contributed by atoms with Crippen LogP contribution in [0.1, 0.15) is 52.7 Å². The van der Waals surface area contributed by atoms with Gasteiger partial charge in [-0.3, -0.25) is 0 Å². The van der Waals surface area contributed by atoms with E-state index in [2.05, 4.69) is 44.7 Å². The molecule has 29 heavy (non-hydrogen) atoms. The van der Waals surface area contributed by atoms with E-state index < -0.39 is 26.7 Å². The van der Waals surface area contributed by atoms with Crippen LogP contribution in [0.4, 0.5) is 4.79 Å². The van der Waals surface area contributed by atoms with Crippen LogP contribution in [0, 0.1) is 11.8 Å². The van der Waals surface area contributed by atoms with Crippen LogP contribution < -0.4 is 3.71 Å². The van der Waals surface area contributed by atoms with Crippen molar-refractivity contribution in [3.8, 4) is 11.8 Å². The molecular weight excluding hydrogens is 465 g/mol. The molecule has 2 radical (unpaired) electrons. The molecule has 0 saturated carbocycles. The van der Waals surface area contributed by atoms with Crippen LogP contribution in [0.2, 0.25) is 3.43 Å². The number of carbonyl (C=O) groups excluding carboxylic acids is 1. The van der Waals surface area contributed by atoms with Crippen LogP contribution >= 0.6 is 0 Å². The molecule has 0 amide bonds. The molecule has 148 valence electrons. The first-order valence-electron chi connectivity index (χ1n) is 9.76. The van der Waals surface area contributed by atoms with E-state index in [-0.39, 0.29) is 9.52 Å². The van der Waals surface area contributed by atoms with Gasteiger partial charge < -0.3 is 0 Å². The summed E-state index contributed by atoms with van der Waals surface area (Å²) in [4.78, 5) is 13.0. The summed E-state index contributed by atoms with van der Waals surface area (Å²) in [5.74, 6) is 6.44. The predicted octanol–water partition coefficient (Wildman–Crippen LogP) is 5.37. The Morgan fingerprint density at radius 1 is 0.897 bits per heavy atom. The fourth-order valence-corrected chi connectivity index (χ4v) is 6.71. The van der Waals surface area contributed by atoms with Gasteiger partial charge in [-0.05, 0) is 0 Å². The van der Waals surface area contributed by atoms with Gasteiger partial charge in [-0.15, -0.1) is 0 Å². The Kier molecular flexibility index (Phi) is 6.14. The number of nitrogens with zero attached hydrogens (tertiary/aromatic N) is 1. The van der Waals surface area contributed by atoms with Gasteiger partial charge in [0.1, 0.15) is 0 Å². The molecule has 3 aromatic rings. The van der Waals surface area contributed by atoms with Crippen molar-refractivity contribution >= 4 is 41.8 Å². The van der Waals surface area contributed by atoms with Crippen LogP contribution in [0.3, 0.4) is 0 Å². The summed E-state index contributed by atoms with van der Waals surface area (Å²) in [7, 11) is 0. The average molecular weight is 492 g/mol. The van der Waals surface area contributed by atoms with Crippen molar-refractivity contribution in [3.63, 3.8) is 0 Å². The van der Waals surface area contributed by atoms with E-state index in [0.717, 1.165) is 25.7 Å². The minimum absolute atomic E-state index is 0.216. The third-order valence-corrected chi connectivity index (χ3v) is 7.93. The Hall–Kier alpha value is -2.19. The zero-order valence-electron chi connectivity index (χ0n) is 18.0. The number of hydrogen-bond acceptors (Lipinski definition) is 2. The average Bonchev–Trinajstić information content (AvgIpc) is 2.94. The van der Waals surface area contributed by atoms with Gasteiger partial charge in [0.05, 0.1) is 0 Å². The molecule has 0 saturated heterocycles. The minimum atomic E-state index is -1.03. The Morgan fingerprint density at radius 2 is 1.55 bits per heavy atom. The van der Waals surface area contributed by atoms with Crippen molar-refractivity contribution in [2.45, 2.75) is 50.6 Å². The van der Waals surface area contributed by atoms with E-state index in [4.69, 9.17) is 4.74 Å². The third-order valence-electron chi connectivity index (χ3n) is 4.01. The van der Waals surface area contributed by atoms with Crippen LogP contribution in [0.5, 0.6) is 0 Å². The van der Waals surface area contributed by atoms with E-state index in [1.54, 1.807) is 4.57 Å². The standard InChI is InChI=1S/C21H18NO2.C4H9.Sn/c1-21(2,3)24-20(23)22-14-13-18-15-17(11-12-19(18)22)10-9-16-7-5-4-6-8-16;1-4(2)3;/h4-8,11-13,15H,1-3H3;1-3H3;. The molecular formula is C25H27NO2Sn. The number of aromatic nitrogens is 1. The summed E-state index contributed by atoms with van der Waals surface area (Å²) >= 11 is -1.03. The van der Waals surface area contributed by atoms with Gasteiger partial charge in [-0.1, -0.05) is 0 Å². The number of ether oxygens (including phenoxy) is 1. The molecule has 0 spiro atoms. The molecule has 0 aliphatic rings. The third kappa shape index (κ3) is 5.90. The topological polar surface area (TPSA) is 31.2 Å². The number of rotatable bonds is 1. The van der Waals surface area contributed by atoms with Crippen molar-refractivity contribution in [2.75, 3.05) is 0 Å². The van der Waals surface area contributed by atoms with Gasteiger partial charge >= 0.3 is 184 Å². The molecule has 2 aromatic carbocycles. The van der Waals surface area contributed by atoms with E-state index in [1.807, 2.05) is 63.2 Å². The van der Waals surface area contributed by atoms with Crippen molar-refractivity contribution in [1.82, 2.24) is 4.57 Å². The molecule has 3 rings (SSSR count). The van der Waals surface area contributed by atoms with E-state index in [1.165, 1.54) is 0 Å². The SMILES string of the molecule is CC(C)(C)OC(=O)n1[c]([Sn][C](C)(C)C)cc2cc(C#Cc3ccccc3)ccc21. The monoisotopic (exact) mass is 493 g/mol. The van der Waals surface area contributed by atoms with E-state index in [0.29, 0.717) is 0 Å². The van der Waals surface area contributed by atoms with E-state index >= 15 is 0 Å². The first-order valence-corrected chi connectivity index (χ1v) is 12.6. The molecule has 1 aromatic heterocycles. The zero-order valence-corrected chi connectivity index (χ0v) is 20.8. The molecule has 0 N–H and O–H groups in total. The predicted molar refractivity (Wildman–Crippen MR) is 121 cm³/mol. The first-order chi connectivity index (χ1) is 13.5. The number of fused-ring (bicyclic) bond motifs is 1. The van der Waals surface area contributed by atoms with Crippen molar-refractivity contribution in [3.05, 3.63) is 65.7 Å². The molecule has 0 bridgehead atoms. The second kappa shape index (κ2) is 8.28. The summed E-state index contributed by atoms with van der Waals surface area (Å²) in [5, 5.41) is 1.04. The van der Waals surface area contributed by atoms with Gasteiger partial charge in [0.2, 0.25) is 0 Å². The van der Waals surface area contributed by atoms with Crippen LogP contribution in [-0.4, -0.2) is 37.4 Å². The molecule has 0 atom stereocenters. The van der Waals surface area contributed by atoms with Gasteiger partial charge in [0.25, 0.3) is 0 Å². The molecule has 0 aliphatic heterocycles.